The summed E-state index contributed by atoms with van der Waals surface area (Å²) < 4.78 is 19.1. The lowest BCUT2D eigenvalue weighted by molar-refractivity contribution is -0.118. The van der Waals surface area contributed by atoms with Gasteiger partial charge in [0.25, 0.3) is 17.7 Å². The number of nitrogens with one attached hydrogen (secondary N) is 2. The second kappa shape index (κ2) is 9.94. The third-order valence-electron chi connectivity index (χ3n) is 4.73. The largest absolute Gasteiger partial charge is 0.481 e. The van der Waals surface area contributed by atoms with Crippen LogP contribution in [0.5, 0.6) is 5.75 Å². The number of carbonyl (C=O) groups is 3. The number of amides is 3. The molecule has 1 aliphatic rings. The first-order valence-corrected chi connectivity index (χ1v) is 10.7. The molecule has 172 valence electrons. The molecule has 1 saturated heterocycles. The van der Waals surface area contributed by atoms with Crippen LogP contribution in [0.4, 0.5) is 15.8 Å². The molecule has 3 aromatic rings. The molecule has 4 rings (SSSR count). The van der Waals surface area contributed by atoms with Gasteiger partial charge in [0, 0.05) is 0 Å². The smallest absolute Gasteiger partial charge is 0.282 e. The lowest BCUT2D eigenvalue weighted by Crippen LogP contribution is -2.35. The van der Waals surface area contributed by atoms with Crippen LogP contribution in [0.25, 0.3) is 6.08 Å². The number of nitrogens with zero attached hydrogens (tertiary/aromatic N) is 1. The maximum Gasteiger partial charge on any atom is 0.282 e. The monoisotopic (exact) mass is 499 g/mol. The minimum Gasteiger partial charge on any atom is -0.481 e. The molecule has 1 fully saturated rings. The van der Waals surface area contributed by atoms with E-state index in [4.69, 9.17) is 27.9 Å². The first-order valence-electron chi connectivity index (χ1n) is 9.92. The molecule has 7 nitrogen and oxygen atoms in total. The molecular formula is C24H16Cl2FN3O4. The van der Waals surface area contributed by atoms with Crippen molar-refractivity contribution in [2.45, 2.75) is 0 Å². The van der Waals surface area contributed by atoms with Gasteiger partial charge in [0.15, 0.2) is 12.4 Å². The van der Waals surface area contributed by atoms with Crippen molar-refractivity contribution in [3.8, 4) is 5.75 Å². The van der Waals surface area contributed by atoms with Crippen molar-refractivity contribution in [2.24, 2.45) is 0 Å². The number of rotatable bonds is 6. The number of anilines is 2. The summed E-state index contributed by atoms with van der Waals surface area (Å²) in [5.74, 6) is -2.28. The Morgan fingerprint density at radius 1 is 1.03 bits per heavy atom. The molecule has 0 unspecified atom stereocenters. The van der Waals surface area contributed by atoms with E-state index in [-0.39, 0.29) is 27.1 Å². The average Bonchev–Trinajstić information content (AvgIpc) is 3.09. The second-order valence-electron chi connectivity index (χ2n) is 7.11. The van der Waals surface area contributed by atoms with E-state index in [0.717, 1.165) is 5.01 Å². The van der Waals surface area contributed by atoms with Crippen LogP contribution in [0, 0.1) is 5.82 Å². The van der Waals surface area contributed by atoms with Gasteiger partial charge in [0.05, 0.1) is 21.4 Å². The molecule has 0 aliphatic carbocycles. The molecular weight excluding hydrogens is 484 g/mol. The summed E-state index contributed by atoms with van der Waals surface area (Å²) in [6.07, 6.45) is 1.35. The topological polar surface area (TPSA) is 87.7 Å². The molecule has 3 amide bonds. The molecule has 0 saturated carbocycles. The zero-order chi connectivity index (χ0) is 24.2. The fourth-order valence-corrected chi connectivity index (χ4v) is 3.78. The molecule has 1 aliphatic heterocycles. The van der Waals surface area contributed by atoms with Gasteiger partial charge in [-0.1, -0.05) is 53.5 Å². The first-order chi connectivity index (χ1) is 16.3. The summed E-state index contributed by atoms with van der Waals surface area (Å²) in [7, 11) is 0. The predicted molar refractivity (Wildman–Crippen MR) is 127 cm³/mol. The summed E-state index contributed by atoms with van der Waals surface area (Å²) in [5, 5.41) is 3.65. The molecule has 0 radical (unpaired) electrons. The fraction of sp³-hybridized carbons (Fsp3) is 0.0417. The normalized spacial score (nSPS) is 14.3. The lowest BCUT2D eigenvalue weighted by Gasteiger charge is -2.14. The molecule has 34 heavy (non-hydrogen) atoms. The summed E-state index contributed by atoms with van der Waals surface area (Å²) >= 11 is 12.5. The van der Waals surface area contributed by atoms with E-state index in [1.807, 2.05) is 0 Å². The zero-order valence-corrected chi connectivity index (χ0v) is 18.9. The maximum absolute atomic E-state index is 13.7. The fourth-order valence-electron chi connectivity index (χ4n) is 3.17. The van der Waals surface area contributed by atoms with Gasteiger partial charge in [-0.05, 0) is 48.0 Å². The SMILES string of the molecule is O=C(COc1c(Cl)cc(/C=C2/C(=O)NN(c3ccccc3)C2=O)cc1Cl)Nc1ccccc1F. The Morgan fingerprint density at radius 2 is 1.68 bits per heavy atom. The Morgan fingerprint density at radius 3 is 2.35 bits per heavy atom. The van der Waals surface area contributed by atoms with Crippen LogP contribution >= 0.6 is 23.2 Å². The molecule has 10 heteroatoms. The number of para-hydroxylation sites is 2. The van der Waals surface area contributed by atoms with E-state index in [9.17, 15) is 18.8 Å². The number of benzene rings is 3. The van der Waals surface area contributed by atoms with Crippen molar-refractivity contribution in [3.05, 3.63) is 93.7 Å². The minimum atomic E-state index is -0.613. The Labute approximate surface area is 203 Å². The molecule has 0 atom stereocenters. The Hall–Kier alpha value is -3.88. The number of hydrazine groups is 1. The maximum atomic E-state index is 13.7. The van der Waals surface area contributed by atoms with Gasteiger partial charge >= 0.3 is 0 Å². The molecule has 0 bridgehead atoms. The predicted octanol–water partition coefficient (Wildman–Crippen LogP) is 4.61. The summed E-state index contributed by atoms with van der Waals surface area (Å²) in [6.45, 7) is -0.471. The lowest BCUT2D eigenvalue weighted by atomic mass is 10.1. The van der Waals surface area contributed by atoms with Gasteiger partial charge in [-0.15, -0.1) is 0 Å². The van der Waals surface area contributed by atoms with E-state index in [1.54, 1.807) is 36.4 Å². The highest BCUT2D eigenvalue weighted by molar-refractivity contribution is 6.37. The van der Waals surface area contributed by atoms with Crippen LogP contribution in [0.15, 0.2) is 72.3 Å². The van der Waals surface area contributed by atoms with Crippen molar-refractivity contribution < 1.29 is 23.5 Å². The molecule has 0 spiro atoms. The molecule has 2 N–H and O–H groups in total. The van der Waals surface area contributed by atoms with Crippen molar-refractivity contribution in [3.63, 3.8) is 0 Å². The summed E-state index contributed by atoms with van der Waals surface area (Å²) in [6, 6.07) is 17.2. The van der Waals surface area contributed by atoms with E-state index in [2.05, 4.69) is 10.7 Å². The van der Waals surface area contributed by atoms with E-state index in [0.29, 0.717) is 11.3 Å². The second-order valence-corrected chi connectivity index (χ2v) is 7.92. The van der Waals surface area contributed by atoms with Crippen LogP contribution in [0.1, 0.15) is 5.56 Å². The van der Waals surface area contributed by atoms with Gasteiger partial charge in [-0.2, -0.15) is 0 Å². The minimum absolute atomic E-state index is 0.0133. The van der Waals surface area contributed by atoms with Gasteiger partial charge in [-0.3, -0.25) is 19.8 Å². The highest BCUT2D eigenvalue weighted by Crippen LogP contribution is 2.35. The Kier molecular flexibility index (Phi) is 6.81. The van der Waals surface area contributed by atoms with Crippen LogP contribution in [-0.4, -0.2) is 24.3 Å². The number of hydrogen-bond donors (Lipinski definition) is 2. The number of carbonyl (C=O) groups excluding carboxylic acids is 3. The average molecular weight is 500 g/mol. The zero-order valence-electron chi connectivity index (χ0n) is 17.3. The number of ether oxygens (including phenoxy) is 1. The summed E-state index contributed by atoms with van der Waals surface area (Å²) in [5.41, 5.74) is 3.31. The highest BCUT2D eigenvalue weighted by Gasteiger charge is 2.34. The molecule has 0 aromatic heterocycles. The van der Waals surface area contributed by atoms with Crippen molar-refractivity contribution in [2.75, 3.05) is 16.9 Å². The highest BCUT2D eigenvalue weighted by atomic mass is 35.5. The van der Waals surface area contributed by atoms with Crippen molar-refractivity contribution in [1.29, 1.82) is 0 Å². The third kappa shape index (κ3) is 5.03. The van der Waals surface area contributed by atoms with Crippen LogP contribution in [0.2, 0.25) is 10.0 Å². The van der Waals surface area contributed by atoms with E-state index in [1.165, 1.54) is 36.4 Å². The third-order valence-corrected chi connectivity index (χ3v) is 5.29. The van der Waals surface area contributed by atoms with Gasteiger partial charge < -0.3 is 10.1 Å². The van der Waals surface area contributed by atoms with E-state index >= 15 is 0 Å². The van der Waals surface area contributed by atoms with Gasteiger partial charge in [-0.25, -0.2) is 9.40 Å². The molecule has 1 heterocycles. The van der Waals surface area contributed by atoms with Crippen molar-refractivity contribution in [1.82, 2.24) is 5.43 Å². The Balaban J connectivity index is 1.47. The van der Waals surface area contributed by atoms with Crippen molar-refractivity contribution >= 4 is 58.4 Å². The van der Waals surface area contributed by atoms with Crippen LogP contribution < -0.4 is 20.5 Å². The van der Waals surface area contributed by atoms with Crippen LogP contribution in [0.3, 0.4) is 0 Å². The quantitative estimate of drug-likeness (QED) is 0.382. The van der Waals surface area contributed by atoms with E-state index < -0.39 is 30.1 Å². The van der Waals surface area contributed by atoms with Crippen LogP contribution in [-0.2, 0) is 14.4 Å². The van der Waals surface area contributed by atoms with Gasteiger partial charge in [0.2, 0.25) is 0 Å². The molecule has 3 aromatic carbocycles. The number of halogens is 3. The summed E-state index contributed by atoms with van der Waals surface area (Å²) in [4.78, 5) is 37.2. The van der Waals surface area contributed by atoms with Gasteiger partial charge in [0.1, 0.15) is 11.4 Å². The number of hydrogen-bond acceptors (Lipinski definition) is 4. The Bertz CT molecular complexity index is 1290. The standard InChI is InChI=1S/C24H16Cl2FN3O4/c25-17-11-14(10-16-23(32)29-30(24(16)33)15-6-2-1-3-7-15)12-18(26)22(17)34-13-21(31)28-20-9-5-4-8-19(20)27/h1-12H,13H2,(H,28,31)(H,29,32)/b16-10-. The first kappa shape index (κ1) is 23.3.